The van der Waals surface area contributed by atoms with E-state index in [4.69, 9.17) is 26.1 Å². The van der Waals surface area contributed by atoms with Gasteiger partial charge in [0, 0.05) is 19.6 Å². The van der Waals surface area contributed by atoms with E-state index < -0.39 is 10.0 Å². The maximum absolute atomic E-state index is 13.0. The van der Waals surface area contributed by atoms with Crippen LogP contribution in [-0.4, -0.2) is 48.6 Å². The van der Waals surface area contributed by atoms with Crippen LogP contribution in [-0.2, 0) is 27.9 Å². The summed E-state index contributed by atoms with van der Waals surface area (Å²) >= 11 is 6.25. The molecule has 31 heavy (non-hydrogen) atoms. The molecule has 2 heterocycles. The summed E-state index contributed by atoms with van der Waals surface area (Å²) in [5.41, 5.74) is 2.58. The highest BCUT2D eigenvalue weighted by Gasteiger charge is 2.27. The van der Waals surface area contributed by atoms with Gasteiger partial charge in [0.2, 0.25) is 10.0 Å². The molecule has 1 aliphatic rings. The maximum atomic E-state index is 13.0. The van der Waals surface area contributed by atoms with Gasteiger partial charge in [0.1, 0.15) is 18.2 Å². The van der Waals surface area contributed by atoms with Gasteiger partial charge in [-0.05, 0) is 49.2 Å². The summed E-state index contributed by atoms with van der Waals surface area (Å²) < 4.78 is 40.8. The maximum Gasteiger partial charge on any atom is 0.243 e. The van der Waals surface area contributed by atoms with Gasteiger partial charge in [0.25, 0.3) is 0 Å². The SMILES string of the molecule is CCCn1c(COc2cc(C)ccc2Cl)nc2cc(S(=O)(=O)N3CCOCC3)ccc21. The Balaban J connectivity index is 1.66. The van der Waals surface area contributed by atoms with Gasteiger partial charge in [-0.3, -0.25) is 0 Å². The Bertz CT molecular complexity index is 1190. The van der Waals surface area contributed by atoms with Gasteiger partial charge in [0.15, 0.2) is 0 Å². The second-order valence-corrected chi connectivity index (χ2v) is 9.91. The molecule has 7 nitrogen and oxygen atoms in total. The summed E-state index contributed by atoms with van der Waals surface area (Å²) in [6.07, 6.45) is 0.914. The van der Waals surface area contributed by atoms with E-state index in [0.717, 1.165) is 29.9 Å². The molecule has 0 N–H and O–H groups in total. The number of aryl methyl sites for hydroxylation is 2. The fourth-order valence-corrected chi connectivity index (χ4v) is 5.30. The van der Waals surface area contributed by atoms with E-state index >= 15 is 0 Å². The van der Waals surface area contributed by atoms with Crippen LogP contribution in [0.1, 0.15) is 24.7 Å². The predicted molar refractivity (Wildman–Crippen MR) is 120 cm³/mol. The number of benzene rings is 2. The third kappa shape index (κ3) is 4.57. The number of morpholine rings is 1. The van der Waals surface area contributed by atoms with Gasteiger partial charge in [-0.15, -0.1) is 0 Å². The predicted octanol–water partition coefficient (Wildman–Crippen LogP) is 4.01. The first-order chi connectivity index (χ1) is 14.9. The first-order valence-corrected chi connectivity index (χ1v) is 12.2. The highest BCUT2D eigenvalue weighted by molar-refractivity contribution is 7.89. The number of hydrogen-bond acceptors (Lipinski definition) is 5. The van der Waals surface area contributed by atoms with E-state index in [1.165, 1.54) is 4.31 Å². The van der Waals surface area contributed by atoms with Crippen LogP contribution < -0.4 is 4.74 Å². The van der Waals surface area contributed by atoms with Crippen molar-refractivity contribution in [2.24, 2.45) is 0 Å². The van der Waals surface area contributed by atoms with Crippen LogP contribution in [0.2, 0.25) is 5.02 Å². The summed E-state index contributed by atoms with van der Waals surface area (Å²) in [5, 5.41) is 0.544. The first kappa shape index (κ1) is 22.1. The zero-order chi connectivity index (χ0) is 22.0. The fourth-order valence-electron chi connectivity index (χ4n) is 3.70. The van der Waals surface area contributed by atoms with Crippen molar-refractivity contribution in [2.75, 3.05) is 26.3 Å². The molecule has 0 spiro atoms. The van der Waals surface area contributed by atoms with Crippen LogP contribution in [0.5, 0.6) is 5.75 Å². The molecule has 0 saturated carbocycles. The molecular formula is C22H26ClN3O4S. The van der Waals surface area contributed by atoms with Gasteiger partial charge < -0.3 is 14.0 Å². The fraction of sp³-hybridized carbons (Fsp3) is 0.409. The molecule has 1 aliphatic heterocycles. The molecule has 0 radical (unpaired) electrons. The number of ether oxygens (including phenoxy) is 2. The van der Waals surface area contributed by atoms with Crippen molar-refractivity contribution in [3.8, 4) is 5.75 Å². The lowest BCUT2D eigenvalue weighted by molar-refractivity contribution is 0.0730. The number of halogens is 1. The molecule has 0 amide bonds. The number of nitrogens with zero attached hydrogens (tertiary/aromatic N) is 3. The molecule has 3 aromatic rings. The molecule has 1 aromatic heterocycles. The Morgan fingerprint density at radius 2 is 1.94 bits per heavy atom. The van der Waals surface area contributed by atoms with Crippen molar-refractivity contribution in [1.29, 1.82) is 0 Å². The normalized spacial score (nSPS) is 15.5. The summed E-state index contributed by atoms with van der Waals surface area (Å²) in [4.78, 5) is 4.95. The third-order valence-corrected chi connectivity index (χ3v) is 7.50. The number of fused-ring (bicyclic) bond motifs is 1. The number of sulfonamides is 1. The van der Waals surface area contributed by atoms with Crippen LogP contribution >= 0.6 is 11.6 Å². The molecule has 9 heteroatoms. The van der Waals surface area contributed by atoms with Crippen molar-refractivity contribution < 1.29 is 17.9 Å². The Morgan fingerprint density at radius 3 is 2.68 bits per heavy atom. The molecule has 0 atom stereocenters. The zero-order valence-electron chi connectivity index (χ0n) is 17.7. The summed E-state index contributed by atoms with van der Waals surface area (Å²) in [5.74, 6) is 1.34. The standard InChI is InChI=1S/C22H26ClN3O4S/c1-3-8-26-20-7-5-17(31(27,28)25-9-11-29-12-10-25)14-19(20)24-22(26)15-30-21-13-16(2)4-6-18(21)23/h4-7,13-14H,3,8-12,15H2,1-2H3. The van der Waals surface area contributed by atoms with Crippen LogP contribution in [0.4, 0.5) is 0 Å². The van der Waals surface area contributed by atoms with Gasteiger partial charge >= 0.3 is 0 Å². The Morgan fingerprint density at radius 1 is 1.16 bits per heavy atom. The average molecular weight is 464 g/mol. The van der Waals surface area contributed by atoms with E-state index in [1.54, 1.807) is 12.1 Å². The van der Waals surface area contributed by atoms with E-state index in [0.29, 0.717) is 42.6 Å². The molecule has 2 aromatic carbocycles. The van der Waals surface area contributed by atoms with Crippen molar-refractivity contribution in [1.82, 2.24) is 13.9 Å². The van der Waals surface area contributed by atoms with Gasteiger partial charge in [0.05, 0.1) is 34.2 Å². The van der Waals surface area contributed by atoms with E-state index in [1.807, 2.05) is 31.2 Å². The minimum atomic E-state index is -3.58. The third-order valence-electron chi connectivity index (χ3n) is 5.30. The number of aromatic nitrogens is 2. The Kier molecular flexibility index (Phi) is 6.52. The van der Waals surface area contributed by atoms with E-state index in [2.05, 4.69) is 11.5 Å². The molecule has 0 unspecified atom stereocenters. The molecule has 0 bridgehead atoms. The van der Waals surface area contributed by atoms with Crippen LogP contribution in [0.15, 0.2) is 41.3 Å². The van der Waals surface area contributed by atoms with Gasteiger partial charge in [-0.2, -0.15) is 4.31 Å². The first-order valence-electron chi connectivity index (χ1n) is 10.4. The number of imidazole rings is 1. The van der Waals surface area contributed by atoms with Crippen molar-refractivity contribution >= 4 is 32.7 Å². The molecule has 0 aliphatic carbocycles. The second-order valence-electron chi connectivity index (χ2n) is 7.57. The summed E-state index contributed by atoms with van der Waals surface area (Å²) in [7, 11) is -3.58. The summed E-state index contributed by atoms with van der Waals surface area (Å²) in [6.45, 7) is 6.61. The average Bonchev–Trinajstić information content (AvgIpc) is 3.12. The molecule has 1 saturated heterocycles. The molecule has 166 valence electrons. The van der Waals surface area contributed by atoms with Crippen LogP contribution in [0.25, 0.3) is 11.0 Å². The lowest BCUT2D eigenvalue weighted by Gasteiger charge is -2.26. The lowest BCUT2D eigenvalue weighted by Crippen LogP contribution is -2.40. The quantitative estimate of drug-likeness (QED) is 0.529. The lowest BCUT2D eigenvalue weighted by atomic mass is 10.2. The monoisotopic (exact) mass is 463 g/mol. The van der Waals surface area contributed by atoms with Gasteiger partial charge in [-0.1, -0.05) is 24.6 Å². The van der Waals surface area contributed by atoms with E-state index in [-0.39, 0.29) is 11.5 Å². The highest BCUT2D eigenvalue weighted by atomic mass is 35.5. The topological polar surface area (TPSA) is 73.7 Å². The van der Waals surface area contributed by atoms with Crippen LogP contribution in [0.3, 0.4) is 0 Å². The largest absolute Gasteiger partial charge is 0.484 e. The molecule has 1 fully saturated rings. The molecule has 4 rings (SSSR count). The number of rotatable bonds is 7. The van der Waals surface area contributed by atoms with Crippen molar-refractivity contribution in [3.05, 3.63) is 52.8 Å². The Hall–Kier alpha value is -2.13. The van der Waals surface area contributed by atoms with Crippen molar-refractivity contribution in [3.63, 3.8) is 0 Å². The van der Waals surface area contributed by atoms with Crippen LogP contribution in [0, 0.1) is 6.92 Å². The van der Waals surface area contributed by atoms with E-state index in [9.17, 15) is 8.42 Å². The summed E-state index contributed by atoms with van der Waals surface area (Å²) in [6, 6.07) is 10.8. The van der Waals surface area contributed by atoms with Crippen molar-refractivity contribution in [2.45, 2.75) is 38.3 Å². The van der Waals surface area contributed by atoms with Gasteiger partial charge in [-0.25, -0.2) is 13.4 Å². The smallest absolute Gasteiger partial charge is 0.243 e. The number of hydrogen-bond donors (Lipinski definition) is 0. The minimum absolute atomic E-state index is 0.239. The minimum Gasteiger partial charge on any atom is -0.484 e. The second kappa shape index (κ2) is 9.16. The molecular weight excluding hydrogens is 438 g/mol. The zero-order valence-corrected chi connectivity index (χ0v) is 19.2. The Labute approximate surface area is 187 Å². The highest BCUT2D eigenvalue weighted by Crippen LogP contribution is 2.28.